The molecule has 10 heteroatoms. The number of nitrogens with one attached hydrogen (secondary N) is 1. The zero-order valence-corrected chi connectivity index (χ0v) is 19.4. The van der Waals surface area contributed by atoms with E-state index in [9.17, 15) is 23.6 Å². The van der Waals surface area contributed by atoms with Crippen molar-refractivity contribution in [1.29, 1.82) is 5.26 Å². The third-order valence-electron chi connectivity index (χ3n) is 5.72. The molecule has 0 spiro atoms. The van der Waals surface area contributed by atoms with E-state index in [0.717, 1.165) is 19.3 Å². The van der Waals surface area contributed by atoms with Gasteiger partial charge < -0.3 is 14.8 Å². The average molecular weight is 481 g/mol. The zero-order valence-electron chi connectivity index (χ0n) is 18.6. The summed E-state index contributed by atoms with van der Waals surface area (Å²) in [5.74, 6) is -1.13. The maximum Gasteiger partial charge on any atom is 0.338 e. The Bertz CT molecular complexity index is 1380. The number of hydrogen-bond donors (Lipinski definition) is 2. The smallest absolute Gasteiger partial charge is 0.338 e. The quantitative estimate of drug-likeness (QED) is 0.312. The monoisotopic (exact) mass is 480 g/mol. The van der Waals surface area contributed by atoms with E-state index < -0.39 is 28.4 Å². The number of fused-ring (bicyclic) bond motifs is 1. The number of H-pyrrole nitrogens is 1. The molecule has 1 saturated heterocycles. The van der Waals surface area contributed by atoms with Crippen molar-refractivity contribution in [1.82, 2.24) is 14.3 Å². The largest absolute Gasteiger partial charge is 0.507 e. The molecule has 4 rings (SSSR count). The molecule has 0 atom stereocenters. The van der Waals surface area contributed by atoms with Gasteiger partial charge in [-0.05, 0) is 49.6 Å². The third-order valence-corrected chi connectivity index (χ3v) is 7.76. The second-order valence-corrected chi connectivity index (χ2v) is 9.96. The van der Waals surface area contributed by atoms with Crippen molar-refractivity contribution in [3.05, 3.63) is 65.2 Å². The van der Waals surface area contributed by atoms with Gasteiger partial charge in [0.1, 0.15) is 18.2 Å². The average Bonchev–Trinajstić information content (AvgIpc) is 3.27. The van der Waals surface area contributed by atoms with Gasteiger partial charge in [0.2, 0.25) is 10.0 Å². The van der Waals surface area contributed by atoms with Crippen LogP contribution in [-0.2, 0) is 14.8 Å². The van der Waals surface area contributed by atoms with Crippen LogP contribution in [0.4, 0.5) is 0 Å². The number of nitriles is 1. The van der Waals surface area contributed by atoms with E-state index in [0.29, 0.717) is 29.7 Å². The van der Waals surface area contributed by atoms with Crippen molar-refractivity contribution >= 4 is 32.6 Å². The lowest BCUT2D eigenvalue weighted by Gasteiger charge is -2.26. The summed E-state index contributed by atoms with van der Waals surface area (Å²) in [6.07, 6.45) is 2.60. The number of benzene rings is 2. The first-order valence-electron chi connectivity index (χ1n) is 10.9. The number of aromatic nitrogens is 2. The molecule has 176 valence electrons. The third kappa shape index (κ3) is 4.66. The number of hydrogen-bond acceptors (Lipinski definition) is 7. The van der Waals surface area contributed by atoms with Crippen LogP contribution in [0.2, 0.25) is 0 Å². The van der Waals surface area contributed by atoms with Crippen molar-refractivity contribution < 1.29 is 23.1 Å². The molecule has 3 aromatic rings. The number of aliphatic hydroxyl groups excluding tert-OH is 1. The molecule has 2 aromatic carbocycles. The summed E-state index contributed by atoms with van der Waals surface area (Å²) in [7, 11) is -3.73. The first-order chi connectivity index (χ1) is 16.3. The van der Waals surface area contributed by atoms with Crippen LogP contribution in [0.15, 0.2) is 53.1 Å². The number of aliphatic hydroxyl groups is 1. The second kappa shape index (κ2) is 9.67. The molecular weight excluding hydrogens is 456 g/mol. The lowest BCUT2D eigenvalue weighted by atomic mass is 10.1. The first kappa shape index (κ1) is 23.5. The Balaban J connectivity index is 1.53. The molecule has 0 amide bonds. The summed E-state index contributed by atoms with van der Waals surface area (Å²) < 4.78 is 32.8. The van der Waals surface area contributed by atoms with E-state index in [2.05, 4.69) is 9.97 Å². The fourth-order valence-electron chi connectivity index (χ4n) is 3.86. The summed E-state index contributed by atoms with van der Waals surface area (Å²) in [4.78, 5) is 19.9. The summed E-state index contributed by atoms with van der Waals surface area (Å²) in [6.45, 7) is 2.01. The van der Waals surface area contributed by atoms with E-state index in [1.165, 1.54) is 16.4 Å². The maximum atomic E-state index is 13.1. The van der Waals surface area contributed by atoms with Crippen molar-refractivity contribution in [2.24, 2.45) is 0 Å². The van der Waals surface area contributed by atoms with E-state index in [-0.39, 0.29) is 21.9 Å². The van der Waals surface area contributed by atoms with Crippen LogP contribution in [-0.4, -0.2) is 53.5 Å². The molecule has 0 saturated carbocycles. The number of piperidine rings is 1. The number of aromatic amines is 1. The highest BCUT2D eigenvalue weighted by Crippen LogP contribution is 2.25. The minimum absolute atomic E-state index is 0.0382. The Morgan fingerprint density at radius 1 is 1.21 bits per heavy atom. The predicted molar refractivity (Wildman–Crippen MR) is 125 cm³/mol. The molecule has 1 aromatic heterocycles. The molecule has 2 heterocycles. The fraction of sp³-hybridized carbons (Fsp3) is 0.292. The minimum atomic E-state index is -3.73. The molecule has 0 radical (unpaired) electrons. The Morgan fingerprint density at radius 2 is 1.94 bits per heavy atom. The standard InChI is InChI=1S/C24H24N4O5S/c1-16-9-10-17(13-22(16)34(31,32)28-11-5-2-6-12-28)24(30)33-15-21(29)18(14-25)23-26-19-7-3-4-8-20(19)27-23/h3-4,7-10,13,29H,2,5-6,11-12,15H2,1H3,(H,26,27). The van der Waals surface area contributed by atoms with E-state index >= 15 is 0 Å². The molecule has 9 nitrogen and oxygen atoms in total. The summed E-state index contributed by atoms with van der Waals surface area (Å²) in [5, 5.41) is 19.9. The van der Waals surface area contributed by atoms with Crippen molar-refractivity contribution in [3.63, 3.8) is 0 Å². The topological polar surface area (TPSA) is 136 Å². The predicted octanol–water partition coefficient (Wildman–Crippen LogP) is 3.70. The summed E-state index contributed by atoms with van der Waals surface area (Å²) >= 11 is 0. The fourth-order valence-corrected chi connectivity index (χ4v) is 5.63. The van der Waals surface area contributed by atoms with Crippen LogP contribution in [0.1, 0.15) is 41.0 Å². The molecular formula is C24H24N4O5S. The lowest BCUT2D eigenvalue weighted by molar-refractivity contribution is 0.0502. The van der Waals surface area contributed by atoms with Crippen molar-refractivity contribution in [2.75, 3.05) is 19.7 Å². The number of carbonyl (C=O) groups is 1. The van der Waals surface area contributed by atoms with Crippen LogP contribution in [0, 0.1) is 18.3 Å². The number of nitrogens with zero attached hydrogens (tertiary/aromatic N) is 3. The van der Waals surface area contributed by atoms with Gasteiger partial charge in [-0.2, -0.15) is 9.57 Å². The molecule has 0 unspecified atom stereocenters. The molecule has 1 fully saturated rings. The zero-order chi connectivity index (χ0) is 24.3. The van der Waals surface area contributed by atoms with Gasteiger partial charge in [-0.15, -0.1) is 0 Å². The number of imidazole rings is 1. The SMILES string of the molecule is Cc1ccc(C(=O)OCC(O)=C(C#N)c2nc3ccccc3[nH]2)cc1S(=O)(=O)N1CCCCC1. The lowest BCUT2D eigenvalue weighted by Crippen LogP contribution is -2.36. The van der Waals surface area contributed by atoms with Crippen LogP contribution < -0.4 is 0 Å². The molecule has 0 aliphatic carbocycles. The number of sulfonamides is 1. The normalized spacial score (nSPS) is 15.5. The number of rotatable bonds is 6. The highest BCUT2D eigenvalue weighted by molar-refractivity contribution is 7.89. The molecule has 2 N–H and O–H groups in total. The maximum absolute atomic E-state index is 13.1. The van der Waals surface area contributed by atoms with Gasteiger partial charge in [0, 0.05) is 13.1 Å². The molecule has 0 bridgehead atoms. The number of carbonyl (C=O) groups excluding carboxylic acids is 1. The number of allylic oxidation sites excluding steroid dienone is 1. The van der Waals surface area contributed by atoms with Gasteiger partial charge in [-0.3, -0.25) is 0 Å². The van der Waals surface area contributed by atoms with Crippen LogP contribution in [0.3, 0.4) is 0 Å². The number of aryl methyl sites for hydroxylation is 1. The Kier molecular flexibility index (Phi) is 6.68. The number of ether oxygens (including phenoxy) is 1. The van der Waals surface area contributed by atoms with Crippen LogP contribution in [0.5, 0.6) is 0 Å². The second-order valence-electron chi connectivity index (χ2n) is 8.06. The molecule has 34 heavy (non-hydrogen) atoms. The van der Waals surface area contributed by atoms with Gasteiger partial charge in [-0.1, -0.05) is 24.6 Å². The van der Waals surface area contributed by atoms with Crippen LogP contribution in [0.25, 0.3) is 16.6 Å². The van der Waals surface area contributed by atoms with Crippen molar-refractivity contribution in [2.45, 2.75) is 31.1 Å². The Labute approximate surface area is 197 Å². The van der Waals surface area contributed by atoms with Gasteiger partial charge in [0.05, 0.1) is 21.5 Å². The van der Waals surface area contributed by atoms with Gasteiger partial charge in [-0.25, -0.2) is 18.2 Å². The first-order valence-corrected chi connectivity index (χ1v) is 12.3. The van der Waals surface area contributed by atoms with E-state index in [4.69, 9.17) is 4.74 Å². The van der Waals surface area contributed by atoms with Gasteiger partial charge in [0.15, 0.2) is 11.6 Å². The Hall–Kier alpha value is -3.68. The van der Waals surface area contributed by atoms with Gasteiger partial charge in [0.25, 0.3) is 0 Å². The summed E-state index contributed by atoms with van der Waals surface area (Å²) in [5.41, 5.74) is 1.73. The Morgan fingerprint density at radius 3 is 2.65 bits per heavy atom. The van der Waals surface area contributed by atoms with Crippen molar-refractivity contribution in [3.8, 4) is 6.07 Å². The van der Waals surface area contributed by atoms with Gasteiger partial charge >= 0.3 is 5.97 Å². The highest BCUT2D eigenvalue weighted by Gasteiger charge is 2.28. The highest BCUT2D eigenvalue weighted by atomic mass is 32.2. The molecule has 1 aliphatic heterocycles. The number of para-hydroxylation sites is 2. The van der Waals surface area contributed by atoms with Crippen LogP contribution >= 0.6 is 0 Å². The van der Waals surface area contributed by atoms with E-state index in [1.54, 1.807) is 31.2 Å². The molecule has 1 aliphatic rings. The minimum Gasteiger partial charge on any atom is -0.507 e. The number of esters is 1. The van der Waals surface area contributed by atoms with E-state index in [1.807, 2.05) is 12.1 Å². The summed E-state index contributed by atoms with van der Waals surface area (Å²) in [6, 6.07) is 13.3.